The highest BCUT2D eigenvalue weighted by Crippen LogP contribution is 2.53. The summed E-state index contributed by atoms with van der Waals surface area (Å²) in [5.41, 5.74) is 1.67. The second-order valence-electron chi connectivity index (χ2n) is 9.49. The summed E-state index contributed by atoms with van der Waals surface area (Å²) in [5.74, 6) is -1.83. The molecule has 42 heavy (non-hydrogen) atoms. The van der Waals surface area contributed by atoms with Gasteiger partial charge in [-0.1, -0.05) is 52.4 Å². The van der Waals surface area contributed by atoms with Crippen molar-refractivity contribution in [1.29, 1.82) is 0 Å². The summed E-state index contributed by atoms with van der Waals surface area (Å²) in [5, 5.41) is 3.59. The standard InChI is InChI=1S/C29H21Cl2N3O6S2/c1-39-20-12-14(2-11-19(20)40-13-21(35)32-17-7-3-15(30)4-8-17)22-23-25(41-26-24(22)42-29(38)33-26)28(37)34(27(23)36)18-9-5-16(31)6-10-18/h2-12,22-23,25H,13H2,1H3,(H,32,35)(H,33,38). The molecule has 2 aliphatic heterocycles. The Morgan fingerprint density at radius 1 is 0.952 bits per heavy atom. The molecule has 3 amide bonds. The number of anilines is 2. The second-order valence-corrected chi connectivity index (χ2v) is 12.5. The Hall–Kier alpha value is -3.77. The molecule has 3 aromatic carbocycles. The minimum atomic E-state index is -0.765. The Balaban J connectivity index is 1.29. The summed E-state index contributed by atoms with van der Waals surface area (Å²) < 4.78 is 11.3. The van der Waals surface area contributed by atoms with Gasteiger partial charge in [0.15, 0.2) is 18.1 Å². The molecule has 0 spiro atoms. The van der Waals surface area contributed by atoms with E-state index < -0.39 is 17.1 Å². The minimum Gasteiger partial charge on any atom is -0.493 e. The largest absolute Gasteiger partial charge is 0.493 e. The number of aromatic nitrogens is 1. The highest BCUT2D eigenvalue weighted by Gasteiger charge is 2.56. The van der Waals surface area contributed by atoms with E-state index in [1.54, 1.807) is 66.7 Å². The van der Waals surface area contributed by atoms with Gasteiger partial charge in [-0.25, -0.2) is 4.90 Å². The van der Waals surface area contributed by atoms with Crippen LogP contribution in [0.1, 0.15) is 16.4 Å². The lowest BCUT2D eigenvalue weighted by Gasteiger charge is -2.30. The van der Waals surface area contributed by atoms with Crippen LogP contribution >= 0.6 is 46.3 Å². The zero-order valence-corrected chi connectivity index (χ0v) is 24.9. The van der Waals surface area contributed by atoms with Gasteiger partial charge in [0, 0.05) is 26.5 Å². The van der Waals surface area contributed by atoms with Crippen molar-refractivity contribution >= 4 is 75.4 Å². The van der Waals surface area contributed by atoms with E-state index in [9.17, 15) is 19.2 Å². The van der Waals surface area contributed by atoms with Gasteiger partial charge in [0.1, 0.15) is 5.25 Å². The van der Waals surface area contributed by atoms with Crippen molar-refractivity contribution in [2.75, 3.05) is 23.9 Å². The molecule has 2 aliphatic rings. The summed E-state index contributed by atoms with van der Waals surface area (Å²) in [6, 6.07) is 18.3. The van der Waals surface area contributed by atoms with Gasteiger partial charge >= 0.3 is 4.87 Å². The summed E-state index contributed by atoms with van der Waals surface area (Å²) >= 11 is 14.1. The minimum absolute atomic E-state index is 0.273. The molecule has 0 aliphatic carbocycles. The molecule has 0 saturated carbocycles. The number of nitrogens with one attached hydrogen (secondary N) is 2. The molecular formula is C29H21Cl2N3O6S2. The fourth-order valence-electron chi connectivity index (χ4n) is 5.09. The zero-order chi connectivity index (χ0) is 29.5. The van der Waals surface area contributed by atoms with Crippen molar-refractivity contribution in [1.82, 2.24) is 4.98 Å². The van der Waals surface area contributed by atoms with Crippen LogP contribution in [0.2, 0.25) is 10.0 Å². The predicted molar refractivity (Wildman–Crippen MR) is 162 cm³/mol. The molecule has 2 N–H and O–H groups in total. The van der Waals surface area contributed by atoms with Crippen molar-refractivity contribution in [3.8, 4) is 11.5 Å². The van der Waals surface area contributed by atoms with Crippen molar-refractivity contribution in [3.63, 3.8) is 0 Å². The number of hydrogen-bond acceptors (Lipinski definition) is 8. The van der Waals surface area contributed by atoms with Crippen LogP contribution in [0.3, 0.4) is 0 Å². The van der Waals surface area contributed by atoms with E-state index in [4.69, 9.17) is 32.7 Å². The molecule has 3 unspecified atom stereocenters. The fourth-order valence-corrected chi connectivity index (χ4v) is 7.86. The van der Waals surface area contributed by atoms with Crippen LogP contribution in [-0.2, 0) is 14.4 Å². The van der Waals surface area contributed by atoms with Gasteiger partial charge in [0.25, 0.3) is 5.91 Å². The number of amides is 3. The number of halogens is 2. The Labute approximate surface area is 257 Å². The number of carbonyl (C=O) groups is 3. The predicted octanol–water partition coefficient (Wildman–Crippen LogP) is 5.57. The maximum Gasteiger partial charge on any atom is 0.305 e. The Bertz CT molecular complexity index is 1760. The summed E-state index contributed by atoms with van der Waals surface area (Å²) in [4.78, 5) is 56.7. The number of imide groups is 1. The number of benzene rings is 3. The van der Waals surface area contributed by atoms with Gasteiger partial charge in [-0.15, -0.1) is 0 Å². The molecule has 1 aromatic heterocycles. The summed E-state index contributed by atoms with van der Waals surface area (Å²) in [7, 11) is 1.46. The Morgan fingerprint density at radius 3 is 2.33 bits per heavy atom. The molecule has 13 heteroatoms. The first-order valence-corrected chi connectivity index (χ1v) is 15.1. The van der Waals surface area contributed by atoms with Crippen LogP contribution in [0, 0.1) is 5.92 Å². The average molecular weight is 643 g/mol. The quantitative estimate of drug-likeness (QED) is 0.254. The van der Waals surface area contributed by atoms with Gasteiger partial charge in [-0.3, -0.25) is 19.2 Å². The molecule has 3 atom stereocenters. The molecular weight excluding hydrogens is 621 g/mol. The van der Waals surface area contributed by atoms with Gasteiger partial charge < -0.3 is 19.8 Å². The maximum atomic E-state index is 13.9. The lowest BCUT2D eigenvalue weighted by molar-refractivity contribution is -0.122. The van der Waals surface area contributed by atoms with E-state index in [1.807, 2.05) is 0 Å². The zero-order valence-electron chi connectivity index (χ0n) is 21.8. The molecule has 9 nitrogen and oxygen atoms in total. The summed E-state index contributed by atoms with van der Waals surface area (Å²) in [6.45, 7) is -0.282. The third kappa shape index (κ3) is 5.29. The van der Waals surface area contributed by atoms with Crippen LogP contribution in [0.25, 0.3) is 0 Å². The highest BCUT2D eigenvalue weighted by atomic mass is 35.5. The van der Waals surface area contributed by atoms with Crippen LogP contribution in [-0.4, -0.2) is 41.7 Å². The number of carbonyl (C=O) groups excluding carboxylic acids is 3. The van der Waals surface area contributed by atoms with Crippen LogP contribution in [0.4, 0.5) is 11.4 Å². The average Bonchev–Trinajstić information content (AvgIpc) is 3.47. The first-order valence-electron chi connectivity index (χ1n) is 12.6. The number of aromatic amines is 1. The van der Waals surface area contributed by atoms with E-state index in [-0.39, 0.29) is 29.2 Å². The van der Waals surface area contributed by atoms with E-state index in [0.29, 0.717) is 48.4 Å². The van der Waals surface area contributed by atoms with Crippen LogP contribution in [0.15, 0.2) is 76.6 Å². The normalized spacial score (nSPS) is 19.3. The van der Waals surface area contributed by atoms with E-state index in [0.717, 1.165) is 11.3 Å². The highest BCUT2D eigenvalue weighted by molar-refractivity contribution is 8.00. The number of ether oxygens (including phenoxy) is 2. The Kier molecular flexibility index (Phi) is 7.75. The van der Waals surface area contributed by atoms with Gasteiger partial charge in [0.05, 0.1) is 23.7 Å². The number of hydrogen-bond donors (Lipinski definition) is 2. The number of methoxy groups -OCH3 is 1. The number of fused-ring (bicyclic) bond motifs is 2. The summed E-state index contributed by atoms with van der Waals surface area (Å²) in [6.07, 6.45) is 0. The van der Waals surface area contributed by atoms with Gasteiger partial charge in [-0.2, -0.15) is 0 Å². The van der Waals surface area contributed by atoms with E-state index in [2.05, 4.69) is 10.3 Å². The first-order chi connectivity index (χ1) is 20.2. The maximum absolute atomic E-state index is 13.9. The SMILES string of the molecule is COc1cc(C2c3sc(=O)[nH]c3SC3C(=O)N(c4ccc(Cl)cc4)C(=O)C32)ccc1OCC(=O)Nc1ccc(Cl)cc1. The van der Waals surface area contributed by atoms with E-state index in [1.165, 1.54) is 23.8 Å². The van der Waals surface area contributed by atoms with Gasteiger partial charge in [-0.05, 0) is 66.2 Å². The van der Waals surface area contributed by atoms with Crippen LogP contribution in [0.5, 0.6) is 11.5 Å². The molecule has 0 radical (unpaired) electrons. The van der Waals surface area contributed by atoms with Crippen molar-refractivity contribution in [3.05, 3.63) is 96.9 Å². The monoisotopic (exact) mass is 641 g/mol. The molecule has 214 valence electrons. The molecule has 1 saturated heterocycles. The fraction of sp³-hybridized carbons (Fsp3) is 0.172. The lowest BCUT2D eigenvalue weighted by Crippen LogP contribution is -2.32. The second kappa shape index (κ2) is 11.5. The molecule has 4 aromatic rings. The first kappa shape index (κ1) is 28.4. The molecule has 3 heterocycles. The number of thiazole rings is 1. The number of thioether (sulfide) groups is 1. The third-order valence-corrected chi connectivity index (χ3v) is 9.85. The van der Waals surface area contributed by atoms with Crippen molar-refractivity contribution < 1.29 is 23.9 Å². The number of rotatable bonds is 7. The molecule has 1 fully saturated rings. The smallest absolute Gasteiger partial charge is 0.305 e. The van der Waals surface area contributed by atoms with Crippen molar-refractivity contribution in [2.45, 2.75) is 16.2 Å². The lowest BCUT2D eigenvalue weighted by atomic mass is 9.83. The third-order valence-electron chi connectivity index (χ3n) is 6.94. The van der Waals surface area contributed by atoms with E-state index >= 15 is 0 Å². The Morgan fingerprint density at radius 2 is 1.64 bits per heavy atom. The number of H-pyrrole nitrogens is 1. The number of nitrogens with zero attached hydrogens (tertiary/aromatic N) is 1. The molecule has 6 rings (SSSR count). The van der Waals surface area contributed by atoms with Crippen LogP contribution < -0.4 is 24.6 Å². The topological polar surface area (TPSA) is 118 Å². The van der Waals surface area contributed by atoms with Crippen molar-refractivity contribution in [2.24, 2.45) is 5.92 Å². The molecule has 0 bridgehead atoms. The van der Waals surface area contributed by atoms with Gasteiger partial charge in [0.2, 0.25) is 11.8 Å².